The van der Waals surface area contributed by atoms with Gasteiger partial charge in [-0.2, -0.15) is 0 Å². The van der Waals surface area contributed by atoms with E-state index in [2.05, 4.69) is 37.4 Å². The minimum Gasteiger partial charge on any atom is -0.356 e. The highest BCUT2D eigenvalue weighted by Gasteiger charge is 2.24. The molecule has 0 spiro atoms. The molecule has 0 saturated heterocycles. The van der Waals surface area contributed by atoms with Gasteiger partial charge in [-0.05, 0) is 45.1 Å². The van der Waals surface area contributed by atoms with Crippen LogP contribution in [-0.2, 0) is 11.2 Å². The van der Waals surface area contributed by atoms with Crippen LogP contribution in [0.1, 0.15) is 42.4 Å². The molecule has 2 unspecified atom stereocenters. The van der Waals surface area contributed by atoms with Crippen molar-refractivity contribution in [2.75, 3.05) is 6.54 Å². The van der Waals surface area contributed by atoms with Gasteiger partial charge < -0.3 is 11.1 Å². The summed E-state index contributed by atoms with van der Waals surface area (Å²) in [5, 5.41) is 3.07. The van der Waals surface area contributed by atoms with Crippen molar-refractivity contribution >= 4 is 18.3 Å². The quantitative estimate of drug-likeness (QED) is 0.898. The van der Waals surface area contributed by atoms with Crippen LogP contribution in [0.15, 0.2) is 18.2 Å². The number of carbonyl (C=O) groups is 1. The van der Waals surface area contributed by atoms with E-state index in [0.717, 1.165) is 32.1 Å². The Morgan fingerprint density at radius 1 is 1.24 bits per heavy atom. The fourth-order valence-electron chi connectivity index (χ4n) is 3.15. The topological polar surface area (TPSA) is 55.1 Å². The van der Waals surface area contributed by atoms with Gasteiger partial charge in [0.25, 0.3) is 0 Å². The van der Waals surface area contributed by atoms with Crippen LogP contribution in [0.3, 0.4) is 0 Å². The van der Waals surface area contributed by atoms with Crippen LogP contribution < -0.4 is 11.1 Å². The Balaban J connectivity index is 0.00000220. The molecule has 1 aromatic rings. The summed E-state index contributed by atoms with van der Waals surface area (Å²) < 4.78 is 0. The van der Waals surface area contributed by atoms with Crippen molar-refractivity contribution in [1.82, 2.24) is 5.32 Å². The lowest BCUT2D eigenvalue weighted by atomic mass is 9.85. The summed E-state index contributed by atoms with van der Waals surface area (Å²) in [7, 11) is 0. The third-order valence-corrected chi connectivity index (χ3v) is 4.08. The van der Waals surface area contributed by atoms with Crippen LogP contribution in [0, 0.1) is 19.8 Å². The van der Waals surface area contributed by atoms with Gasteiger partial charge in [0.2, 0.25) is 5.91 Å². The van der Waals surface area contributed by atoms with Crippen molar-refractivity contribution in [1.29, 1.82) is 0 Å². The van der Waals surface area contributed by atoms with Crippen LogP contribution in [-0.4, -0.2) is 18.5 Å². The maximum Gasteiger partial charge on any atom is 0.223 e. The van der Waals surface area contributed by atoms with Crippen molar-refractivity contribution < 1.29 is 4.79 Å². The van der Waals surface area contributed by atoms with Crippen molar-refractivity contribution in [2.45, 2.75) is 52.0 Å². The van der Waals surface area contributed by atoms with Crippen molar-refractivity contribution in [3.8, 4) is 0 Å². The Morgan fingerprint density at radius 2 is 1.90 bits per heavy atom. The number of halogens is 1. The molecule has 2 atom stereocenters. The molecular weight excluding hydrogens is 284 g/mol. The zero-order valence-corrected chi connectivity index (χ0v) is 13.8. The fraction of sp³-hybridized carbons (Fsp3) is 0.588. The molecule has 21 heavy (non-hydrogen) atoms. The van der Waals surface area contributed by atoms with E-state index < -0.39 is 0 Å². The van der Waals surface area contributed by atoms with Crippen molar-refractivity contribution in [2.24, 2.45) is 11.7 Å². The first-order valence-corrected chi connectivity index (χ1v) is 7.65. The lowest BCUT2D eigenvalue weighted by Gasteiger charge is -2.25. The standard InChI is InChI=1S/C17H26N2O.ClH/c1-12-8-13(2)10-14(9-12)6-7-19-17(20)15-4-3-5-16(18)11-15;/h8-10,15-16H,3-7,11,18H2,1-2H3,(H,19,20);1H. The summed E-state index contributed by atoms with van der Waals surface area (Å²) in [5.41, 5.74) is 9.79. The van der Waals surface area contributed by atoms with Gasteiger partial charge in [0.15, 0.2) is 0 Å². The van der Waals surface area contributed by atoms with Gasteiger partial charge in [0, 0.05) is 18.5 Å². The highest BCUT2D eigenvalue weighted by atomic mass is 35.5. The van der Waals surface area contributed by atoms with Crippen LogP contribution in [0.5, 0.6) is 0 Å². The molecule has 118 valence electrons. The zero-order valence-electron chi connectivity index (χ0n) is 13.0. The van der Waals surface area contributed by atoms with Gasteiger partial charge in [-0.1, -0.05) is 35.7 Å². The molecule has 0 radical (unpaired) electrons. The Labute approximate surface area is 134 Å². The van der Waals surface area contributed by atoms with Gasteiger partial charge in [-0.15, -0.1) is 12.4 Å². The normalized spacial score (nSPS) is 21.5. The van der Waals surface area contributed by atoms with Crippen LogP contribution >= 0.6 is 12.4 Å². The minimum atomic E-state index is 0. The average Bonchev–Trinajstić information content (AvgIpc) is 2.37. The molecule has 1 fully saturated rings. The van der Waals surface area contributed by atoms with Gasteiger partial charge in [-0.25, -0.2) is 0 Å². The summed E-state index contributed by atoms with van der Waals surface area (Å²) in [6.45, 7) is 4.93. The van der Waals surface area contributed by atoms with E-state index in [1.165, 1.54) is 16.7 Å². The van der Waals surface area contributed by atoms with Gasteiger partial charge in [0.1, 0.15) is 0 Å². The van der Waals surface area contributed by atoms with Gasteiger partial charge in [-0.3, -0.25) is 4.79 Å². The molecule has 0 heterocycles. The Hall–Kier alpha value is -1.06. The molecule has 2 rings (SSSR count). The zero-order chi connectivity index (χ0) is 14.5. The maximum atomic E-state index is 12.1. The summed E-state index contributed by atoms with van der Waals surface area (Å²) in [5.74, 6) is 0.308. The van der Waals surface area contributed by atoms with E-state index in [1.54, 1.807) is 0 Å². The van der Waals surface area contributed by atoms with E-state index in [9.17, 15) is 4.79 Å². The summed E-state index contributed by atoms with van der Waals surface area (Å²) in [4.78, 5) is 12.1. The van der Waals surface area contributed by atoms with Crippen molar-refractivity contribution in [3.05, 3.63) is 34.9 Å². The van der Waals surface area contributed by atoms with E-state index in [1.807, 2.05) is 0 Å². The average molecular weight is 311 g/mol. The highest BCUT2D eigenvalue weighted by Crippen LogP contribution is 2.23. The summed E-state index contributed by atoms with van der Waals surface area (Å²) in [6.07, 6.45) is 4.87. The molecule has 3 nitrogen and oxygen atoms in total. The van der Waals surface area contributed by atoms with E-state index in [-0.39, 0.29) is 30.3 Å². The molecule has 1 aliphatic carbocycles. The largest absolute Gasteiger partial charge is 0.356 e. The van der Waals surface area contributed by atoms with E-state index in [0.29, 0.717) is 6.54 Å². The monoisotopic (exact) mass is 310 g/mol. The predicted molar refractivity (Wildman–Crippen MR) is 89.8 cm³/mol. The number of nitrogens with one attached hydrogen (secondary N) is 1. The van der Waals surface area contributed by atoms with Crippen LogP contribution in [0.4, 0.5) is 0 Å². The SMILES string of the molecule is Cc1cc(C)cc(CCNC(=O)C2CCCC(N)C2)c1.Cl. The Bertz CT molecular complexity index is 456. The number of amides is 1. The number of carbonyl (C=O) groups excluding carboxylic acids is 1. The molecule has 0 aromatic heterocycles. The van der Waals surface area contributed by atoms with Gasteiger partial charge >= 0.3 is 0 Å². The molecule has 4 heteroatoms. The molecule has 0 bridgehead atoms. The number of nitrogens with two attached hydrogens (primary N) is 1. The van der Waals surface area contributed by atoms with Crippen molar-refractivity contribution in [3.63, 3.8) is 0 Å². The molecule has 1 saturated carbocycles. The van der Waals surface area contributed by atoms with Crippen LogP contribution in [0.2, 0.25) is 0 Å². The van der Waals surface area contributed by atoms with E-state index in [4.69, 9.17) is 5.73 Å². The second-order valence-electron chi connectivity index (χ2n) is 6.16. The molecule has 0 aliphatic heterocycles. The third-order valence-electron chi connectivity index (χ3n) is 4.08. The molecular formula is C17H27ClN2O. The number of aryl methyl sites for hydroxylation is 2. The number of hydrogen-bond donors (Lipinski definition) is 2. The fourth-order valence-corrected chi connectivity index (χ4v) is 3.15. The second-order valence-corrected chi connectivity index (χ2v) is 6.16. The van der Waals surface area contributed by atoms with Gasteiger partial charge in [0.05, 0.1) is 0 Å². The third kappa shape index (κ3) is 5.68. The molecule has 1 amide bonds. The minimum absolute atomic E-state index is 0. The second kappa shape index (κ2) is 8.40. The van der Waals surface area contributed by atoms with E-state index >= 15 is 0 Å². The number of rotatable bonds is 4. The first kappa shape index (κ1) is 18.0. The highest BCUT2D eigenvalue weighted by molar-refractivity contribution is 5.85. The molecule has 1 aromatic carbocycles. The first-order chi connectivity index (χ1) is 9.54. The molecule has 3 N–H and O–H groups in total. The molecule has 1 aliphatic rings. The first-order valence-electron chi connectivity index (χ1n) is 7.65. The summed E-state index contributed by atoms with van der Waals surface area (Å²) >= 11 is 0. The number of benzene rings is 1. The predicted octanol–water partition coefficient (Wildman–Crippen LogP) is 2.90. The number of hydrogen-bond acceptors (Lipinski definition) is 2. The lowest BCUT2D eigenvalue weighted by Crippen LogP contribution is -2.38. The smallest absolute Gasteiger partial charge is 0.223 e. The Morgan fingerprint density at radius 3 is 2.52 bits per heavy atom. The van der Waals surface area contributed by atoms with Crippen LogP contribution in [0.25, 0.3) is 0 Å². The summed E-state index contributed by atoms with van der Waals surface area (Å²) in [6, 6.07) is 6.76. The lowest BCUT2D eigenvalue weighted by molar-refractivity contribution is -0.126. The maximum absolute atomic E-state index is 12.1. The Kier molecular flexibility index (Phi) is 7.20.